The highest BCUT2D eigenvalue weighted by Crippen LogP contribution is 2.38. The highest BCUT2D eigenvalue weighted by molar-refractivity contribution is 9.10. The fraction of sp³-hybridized carbons (Fsp3) is 0.333. The molecule has 2 aromatic carbocycles. The highest BCUT2D eigenvalue weighted by atomic mass is 79.9. The zero-order chi connectivity index (χ0) is 15.6. The summed E-state index contributed by atoms with van der Waals surface area (Å²) in [7, 11) is 0. The molecule has 3 N–H and O–H groups in total. The zero-order valence-electron chi connectivity index (χ0n) is 13.1. The first-order chi connectivity index (χ1) is 9.90. The van der Waals surface area contributed by atoms with Crippen molar-refractivity contribution in [3.8, 4) is 0 Å². The summed E-state index contributed by atoms with van der Waals surface area (Å²) in [6, 6.07) is 12.3. The summed E-state index contributed by atoms with van der Waals surface area (Å²) < 4.78 is 1.13. The molecule has 0 aliphatic heterocycles. The minimum absolute atomic E-state index is 0.437. The molecule has 0 radical (unpaired) electrons. The summed E-state index contributed by atoms with van der Waals surface area (Å²) in [4.78, 5) is 0. The van der Waals surface area contributed by atoms with Crippen molar-refractivity contribution >= 4 is 33.0 Å². The Kier molecular flexibility index (Phi) is 4.94. The van der Waals surface area contributed by atoms with Gasteiger partial charge >= 0.3 is 0 Å². The topological polar surface area (TPSA) is 38.0 Å². The van der Waals surface area contributed by atoms with Gasteiger partial charge in [-0.15, -0.1) is 0 Å². The lowest BCUT2D eigenvalue weighted by Gasteiger charge is -2.22. The Hall–Kier alpha value is -1.48. The van der Waals surface area contributed by atoms with E-state index in [2.05, 4.69) is 61.1 Å². The average Bonchev–Trinajstić information content (AvgIpc) is 2.42. The molecule has 0 spiro atoms. The number of benzene rings is 2. The predicted molar refractivity (Wildman–Crippen MR) is 96.5 cm³/mol. The summed E-state index contributed by atoms with van der Waals surface area (Å²) in [5.74, 6) is 0.875. The lowest BCUT2D eigenvalue weighted by Crippen LogP contribution is -2.05. The first kappa shape index (κ1) is 15.9. The van der Waals surface area contributed by atoms with Crippen molar-refractivity contribution < 1.29 is 0 Å². The molecule has 21 heavy (non-hydrogen) atoms. The molecule has 0 atom stereocenters. The Morgan fingerprint density at radius 2 is 1.48 bits per heavy atom. The number of hydrogen-bond donors (Lipinski definition) is 2. The maximum absolute atomic E-state index is 6.08. The molecular weight excluding hydrogens is 324 g/mol. The van der Waals surface area contributed by atoms with Crippen LogP contribution in [-0.4, -0.2) is 0 Å². The molecule has 0 bridgehead atoms. The van der Waals surface area contributed by atoms with Gasteiger partial charge in [-0.3, -0.25) is 0 Å². The highest BCUT2D eigenvalue weighted by Gasteiger charge is 2.16. The standard InChI is InChI=1S/C18H23BrN2/c1-11(2)14-9-13(19)10-15(12(3)4)18(14)21-17-8-6-5-7-16(17)20/h5-12,21H,20H2,1-4H3. The molecule has 3 heteroatoms. The number of anilines is 3. The molecular formula is C18H23BrN2. The number of nitrogens with two attached hydrogens (primary N) is 1. The second-order valence-corrected chi connectivity index (χ2v) is 6.90. The Morgan fingerprint density at radius 1 is 0.952 bits per heavy atom. The first-order valence-electron chi connectivity index (χ1n) is 7.35. The molecule has 0 unspecified atom stereocenters. The van der Waals surface area contributed by atoms with Gasteiger partial charge in [-0.2, -0.15) is 0 Å². The van der Waals surface area contributed by atoms with Gasteiger partial charge in [0, 0.05) is 10.2 Å². The number of rotatable bonds is 4. The molecule has 0 saturated heterocycles. The van der Waals surface area contributed by atoms with Crippen LogP contribution in [0.2, 0.25) is 0 Å². The lowest BCUT2D eigenvalue weighted by molar-refractivity contribution is 0.836. The van der Waals surface area contributed by atoms with E-state index in [4.69, 9.17) is 5.73 Å². The van der Waals surface area contributed by atoms with Gasteiger partial charge in [0.25, 0.3) is 0 Å². The van der Waals surface area contributed by atoms with E-state index in [1.807, 2.05) is 24.3 Å². The number of nitrogens with one attached hydrogen (secondary N) is 1. The van der Waals surface area contributed by atoms with E-state index >= 15 is 0 Å². The van der Waals surface area contributed by atoms with Crippen molar-refractivity contribution in [2.45, 2.75) is 39.5 Å². The summed E-state index contributed by atoms with van der Waals surface area (Å²) >= 11 is 3.63. The fourth-order valence-electron chi connectivity index (χ4n) is 2.45. The van der Waals surface area contributed by atoms with Crippen LogP contribution < -0.4 is 11.1 Å². The molecule has 0 heterocycles. The van der Waals surface area contributed by atoms with E-state index in [-0.39, 0.29) is 0 Å². The fourth-order valence-corrected chi connectivity index (χ4v) is 2.94. The molecule has 0 amide bonds. The van der Waals surface area contributed by atoms with Crippen LogP contribution in [0.25, 0.3) is 0 Å². The molecule has 0 aliphatic carbocycles. The third kappa shape index (κ3) is 3.59. The maximum Gasteiger partial charge on any atom is 0.0618 e. The largest absolute Gasteiger partial charge is 0.397 e. The van der Waals surface area contributed by atoms with Crippen molar-refractivity contribution in [1.29, 1.82) is 0 Å². The maximum atomic E-state index is 6.08. The second kappa shape index (κ2) is 6.52. The van der Waals surface area contributed by atoms with Gasteiger partial charge in [-0.1, -0.05) is 55.8 Å². The van der Waals surface area contributed by atoms with E-state index < -0.39 is 0 Å². The van der Waals surface area contributed by atoms with E-state index in [0.717, 1.165) is 15.8 Å². The van der Waals surface area contributed by atoms with Crippen LogP contribution >= 0.6 is 15.9 Å². The Labute approximate surface area is 135 Å². The van der Waals surface area contributed by atoms with E-state index in [1.165, 1.54) is 16.8 Å². The van der Waals surface area contributed by atoms with Crippen LogP contribution in [0.1, 0.15) is 50.7 Å². The minimum atomic E-state index is 0.437. The van der Waals surface area contributed by atoms with Crippen molar-refractivity contribution in [1.82, 2.24) is 0 Å². The van der Waals surface area contributed by atoms with Crippen molar-refractivity contribution in [2.75, 3.05) is 11.1 Å². The Bertz CT molecular complexity index is 604. The van der Waals surface area contributed by atoms with Crippen molar-refractivity contribution in [2.24, 2.45) is 0 Å². The minimum Gasteiger partial charge on any atom is -0.397 e. The van der Waals surface area contributed by atoms with Crippen LogP contribution in [0, 0.1) is 0 Å². The Morgan fingerprint density at radius 3 is 1.95 bits per heavy atom. The molecule has 0 saturated carbocycles. The number of halogens is 1. The van der Waals surface area contributed by atoms with Crippen LogP contribution in [0.4, 0.5) is 17.1 Å². The normalized spacial score (nSPS) is 11.2. The SMILES string of the molecule is CC(C)c1cc(Br)cc(C(C)C)c1Nc1ccccc1N. The van der Waals surface area contributed by atoms with Crippen LogP contribution in [-0.2, 0) is 0 Å². The molecule has 0 fully saturated rings. The first-order valence-corrected chi connectivity index (χ1v) is 8.14. The summed E-state index contributed by atoms with van der Waals surface area (Å²) in [6.07, 6.45) is 0. The van der Waals surface area contributed by atoms with Gasteiger partial charge in [-0.25, -0.2) is 0 Å². The third-order valence-corrected chi connectivity index (χ3v) is 4.09. The number of para-hydroxylation sites is 2. The quantitative estimate of drug-likeness (QED) is 0.664. The third-order valence-electron chi connectivity index (χ3n) is 3.63. The lowest BCUT2D eigenvalue weighted by atomic mass is 9.92. The molecule has 2 rings (SSSR count). The summed E-state index contributed by atoms with van der Waals surface area (Å²) in [5.41, 5.74) is 11.6. The number of nitrogen functional groups attached to an aromatic ring is 1. The van der Waals surface area contributed by atoms with Gasteiger partial charge in [0.05, 0.1) is 11.4 Å². The van der Waals surface area contributed by atoms with Gasteiger partial charge in [0.1, 0.15) is 0 Å². The van der Waals surface area contributed by atoms with E-state index in [0.29, 0.717) is 11.8 Å². The van der Waals surface area contributed by atoms with Gasteiger partial charge in [0.15, 0.2) is 0 Å². The van der Waals surface area contributed by atoms with Crippen LogP contribution in [0.15, 0.2) is 40.9 Å². The smallest absolute Gasteiger partial charge is 0.0618 e. The van der Waals surface area contributed by atoms with Gasteiger partial charge in [-0.05, 0) is 47.2 Å². The summed E-state index contributed by atoms with van der Waals surface area (Å²) in [5, 5.41) is 3.55. The molecule has 0 aliphatic rings. The average molecular weight is 347 g/mol. The number of hydrogen-bond acceptors (Lipinski definition) is 2. The second-order valence-electron chi connectivity index (χ2n) is 5.98. The Balaban J connectivity index is 2.57. The summed E-state index contributed by atoms with van der Waals surface area (Å²) in [6.45, 7) is 8.85. The monoisotopic (exact) mass is 346 g/mol. The zero-order valence-corrected chi connectivity index (χ0v) is 14.7. The van der Waals surface area contributed by atoms with Crippen LogP contribution in [0.3, 0.4) is 0 Å². The van der Waals surface area contributed by atoms with Crippen molar-refractivity contribution in [3.05, 3.63) is 52.0 Å². The molecule has 2 aromatic rings. The molecule has 2 nitrogen and oxygen atoms in total. The van der Waals surface area contributed by atoms with Crippen LogP contribution in [0.5, 0.6) is 0 Å². The van der Waals surface area contributed by atoms with E-state index in [1.54, 1.807) is 0 Å². The van der Waals surface area contributed by atoms with E-state index in [9.17, 15) is 0 Å². The predicted octanol–water partition coefficient (Wildman–Crippen LogP) is 6.02. The van der Waals surface area contributed by atoms with Crippen molar-refractivity contribution in [3.63, 3.8) is 0 Å². The molecule has 112 valence electrons. The molecule has 0 aromatic heterocycles. The van der Waals surface area contributed by atoms with Gasteiger partial charge < -0.3 is 11.1 Å². The van der Waals surface area contributed by atoms with Gasteiger partial charge in [0.2, 0.25) is 0 Å².